The highest BCUT2D eigenvalue weighted by molar-refractivity contribution is 6.29. The van der Waals surface area contributed by atoms with Gasteiger partial charge in [-0.15, -0.1) is 0 Å². The molecule has 0 aliphatic carbocycles. The molecule has 0 saturated carbocycles. The summed E-state index contributed by atoms with van der Waals surface area (Å²) in [6.45, 7) is 6.78. The number of carbonyl (C=O) groups excluding carboxylic acids is 2. The Morgan fingerprint density at radius 1 is 1.20 bits per heavy atom. The van der Waals surface area contributed by atoms with Crippen molar-refractivity contribution in [1.82, 2.24) is 25.2 Å². The predicted octanol–water partition coefficient (Wildman–Crippen LogP) is 3.67. The molecule has 1 atom stereocenters. The molecule has 2 amide bonds. The highest BCUT2D eigenvalue weighted by Gasteiger charge is 2.29. The molecule has 1 N–H and O–H groups in total. The maximum absolute atomic E-state index is 12.5. The highest BCUT2D eigenvalue weighted by Crippen LogP contribution is 2.31. The first kappa shape index (κ1) is 22.0. The topological polar surface area (TPSA) is 97.3 Å². The van der Waals surface area contributed by atoms with E-state index >= 15 is 0 Å². The predicted molar refractivity (Wildman–Crippen MR) is 113 cm³/mol. The first-order chi connectivity index (χ1) is 14.2. The zero-order chi connectivity index (χ0) is 21.9. The maximum atomic E-state index is 12.5. The molecule has 2 aromatic heterocycles. The van der Waals surface area contributed by atoms with Gasteiger partial charge in [-0.1, -0.05) is 11.6 Å². The summed E-state index contributed by atoms with van der Waals surface area (Å²) >= 11 is 6.30. The molecule has 2 aromatic rings. The zero-order valence-corrected chi connectivity index (χ0v) is 18.4. The van der Waals surface area contributed by atoms with Crippen molar-refractivity contribution in [3.63, 3.8) is 0 Å². The lowest BCUT2D eigenvalue weighted by Gasteiger charge is -2.34. The lowest BCUT2D eigenvalue weighted by atomic mass is 9.90. The van der Waals surface area contributed by atoms with Crippen molar-refractivity contribution < 1.29 is 14.3 Å². The number of amides is 2. The summed E-state index contributed by atoms with van der Waals surface area (Å²) in [5.74, 6) is -0.202. The highest BCUT2D eigenvalue weighted by atomic mass is 35.5. The lowest BCUT2D eigenvalue weighted by molar-refractivity contribution is 0.0198. The summed E-state index contributed by atoms with van der Waals surface area (Å²) in [7, 11) is 1.54. The van der Waals surface area contributed by atoms with Gasteiger partial charge >= 0.3 is 6.09 Å². The van der Waals surface area contributed by atoms with Crippen molar-refractivity contribution in [2.45, 2.75) is 45.1 Å². The minimum Gasteiger partial charge on any atom is -0.444 e. The first-order valence-corrected chi connectivity index (χ1v) is 10.2. The zero-order valence-electron chi connectivity index (χ0n) is 17.6. The van der Waals surface area contributed by atoms with E-state index in [1.54, 1.807) is 18.0 Å². The Morgan fingerprint density at radius 3 is 2.67 bits per heavy atom. The molecule has 8 nitrogen and oxygen atoms in total. The van der Waals surface area contributed by atoms with Crippen LogP contribution >= 0.6 is 11.6 Å². The number of pyridine rings is 1. The van der Waals surface area contributed by atoms with Crippen LogP contribution in [0.15, 0.2) is 24.5 Å². The molecule has 0 radical (unpaired) electrons. The average molecular weight is 432 g/mol. The molecule has 30 heavy (non-hydrogen) atoms. The minimum atomic E-state index is -0.535. The Balaban J connectivity index is 1.85. The SMILES string of the molecule is CNC(=O)c1cc(-c2cc(C3CCCN(C(=O)OC(C)(C)C)C3)cc(Cl)n2)ncn1. The van der Waals surface area contributed by atoms with E-state index in [0.717, 1.165) is 18.4 Å². The van der Waals surface area contributed by atoms with E-state index in [0.29, 0.717) is 29.6 Å². The maximum Gasteiger partial charge on any atom is 0.410 e. The number of piperidine rings is 1. The summed E-state index contributed by atoms with van der Waals surface area (Å²) in [5, 5.41) is 2.87. The summed E-state index contributed by atoms with van der Waals surface area (Å²) in [6.07, 6.45) is 2.81. The first-order valence-electron chi connectivity index (χ1n) is 9.86. The van der Waals surface area contributed by atoms with Crippen LogP contribution in [0.1, 0.15) is 55.6 Å². The third-order valence-corrected chi connectivity index (χ3v) is 4.94. The van der Waals surface area contributed by atoms with Crippen molar-refractivity contribution in [2.24, 2.45) is 0 Å². The van der Waals surface area contributed by atoms with E-state index in [1.165, 1.54) is 6.33 Å². The molecule has 0 bridgehead atoms. The molecule has 1 saturated heterocycles. The van der Waals surface area contributed by atoms with E-state index < -0.39 is 5.60 Å². The lowest BCUT2D eigenvalue weighted by Crippen LogP contribution is -2.42. The number of ether oxygens (including phenoxy) is 1. The second-order valence-electron chi connectivity index (χ2n) is 8.24. The van der Waals surface area contributed by atoms with E-state index in [4.69, 9.17) is 16.3 Å². The van der Waals surface area contributed by atoms with E-state index in [-0.39, 0.29) is 23.6 Å². The molecular formula is C21H26ClN5O3. The van der Waals surface area contributed by atoms with Crippen LogP contribution in [0.3, 0.4) is 0 Å². The third kappa shape index (κ3) is 5.44. The fraction of sp³-hybridized carbons (Fsp3) is 0.476. The fourth-order valence-corrected chi connectivity index (χ4v) is 3.59. The number of likely N-dealkylation sites (tertiary alicyclic amines) is 1. The number of aromatic nitrogens is 3. The second-order valence-corrected chi connectivity index (χ2v) is 8.63. The molecule has 1 unspecified atom stereocenters. The van der Waals surface area contributed by atoms with Crippen LogP contribution in [-0.2, 0) is 4.74 Å². The van der Waals surface area contributed by atoms with Crippen LogP contribution in [0, 0.1) is 0 Å². The Morgan fingerprint density at radius 2 is 1.97 bits per heavy atom. The standard InChI is InChI=1S/C21H26ClN5O3/c1-21(2,3)30-20(29)27-7-5-6-13(11-27)14-8-16(26-18(22)9-14)15-10-17(19(28)23-4)25-12-24-15/h8-10,12-13H,5-7,11H2,1-4H3,(H,23,28). The van der Waals surface area contributed by atoms with Crippen LogP contribution < -0.4 is 5.32 Å². The van der Waals surface area contributed by atoms with Crippen molar-refractivity contribution in [3.8, 4) is 11.4 Å². The average Bonchev–Trinajstić information content (AvgIpc) is 2.71. The minimum absolute atomic E-state index is 0.103. The second kappa shape index (κ2) is 8.95. The quantitative estimate of drug-likeness (QED) is 0.744. The smallest absolute Gasteiger partial charge is 0.410 e. The molecule has 1 aliphatic heterocycles. The third-order valence-electron chi connectivity index (χ3n) is 4.75. The van der Waals surface area contributed by atoms with Gasteiger partial charge in [0.15, 0.2) is 0 Å². The van der Waals surface area contributed by atoms with E-state index in [1.807, 2.05) is 32.9 Å². The Kier molecular flexibility index (Phi) is 6.55. The van der Waals surface area contributed by atoms with Gasteiger partial charge < -0.3 is 15.0 Å². The number of nitrogens with one attached hydrogen (secondary N) is 1. The van der Waals surface area contributed by atoms with Crippen molar-refractivity contribution in [1.29, 1.82) is 0 Å². The fourth-order valence-electron chi connectivity index (χ4n) is 3.37. The van der Waals surface area contributed by atoms with Gasteiger partial charge in [0.2, 0.25) is 0 Å². The number of hydrogen-bond donors (Lipinski definition) is 1. The molecular weight excluding hydrogens is 406 g/mol. The van der Waals surface area contributed by atoms with Crippen LogP contribution in [0.5, 0.6) is 0 Å². The van der Waals surface area contributed by atoms with Crippen molar-refractivity contribution in [3.05, 3.63) is 40.9 Å². The molecule has 3 rings (SSSR count). The van der Waals surface area contributed by atoms with E-state index in [9.17, 15) is 9.59 Å². The van der Waals surface area contributed by atoms with Gasteiger partial charge in [-0.05, 0) is 57.4 Å². The monoisotopic (exact) mass is 431 g/mol. The molecule has 9 heteroatoms. The van der Waals surface area contributed by atoms with Crippen molar-refractivity contribution >= 4 is 23.6 Å². The molecule has 0 spiro atoms. The summed E-state index contributed by atoms with van der Waals surface area (Å²) < 4.78 is 5.52. The molecule has 160 valence electrons. The van der Waals surface area contributed by atoms with Crippen LogP contribution in [0.2, 0.25) is 5.15 Å². The van der Waals surface area contributed by atoms with E-state index in [2.05, 4.69) is 20.3 Å². The van der Waals surface area contributed by atoms with Crippen LogP contribution in [-0.4, -0.2) is 57.6 Å². The number of nitrogens with zero attached hydrogens (tertiary/aromatic N) is 4. The van der Waals surface area contributed by atoms with Gasteiger partial charge in [-0.25, -0.2) is 19.7 Å². The van der Waals surface area contributed by atoms with Gasteiger partial charge in [0, 0.05) is 26.1 Å². The summed E-state index contributed by atoms with van der Waals surface area (Å²) in [5.41, 5.74) is 1.75. The van der Waals surface area contributed by atoms with Crippen LogP contribution in [0.4, 0.5) is 4.79 Å². The largest absolute Gasteiger partial charge is 0.444 e. The van der Waals surface area contributed by atoms with Crippen molar-refractivity contribution in [2.75, 3.05) is 20.1 Å². The molecule has 3 heterocycles. The molecule has 0 aromatic carbocycles. The Bertz CT molecular complexity index is 944. The number of carbonyl (C=O) groups is 2. The van der Waals surface area contributed by atoms with Crippen LogP contribution in [0.25, 0.3) is 11.4 Å². The summed E-state index contributed by atoms with van der Waals surface area (Å²) in [6, 6.07) is 5.30. The van der Waals surface area contributed by atoms with Gasteiger partial charge in [0.25, 0.3) is 5.91 Å². The Hall–Kier alpha value is -2.74. The van der Waals surface area contributed by atoms with Gasteiger partial charge in [0.1, 0.15) is 22.8 Å². The number of hydrogen-bond acceptors (Lipinski definition) is 6. The normalized spacial score (nSPS) is 16.8. The number of rotatable bonds is 3. The summed E-state index contributed by atoms with van der Waals surface area (Å²) in [4.78, 5) is 38.7. The van der Waals surface area contributed by atoms with Gasteiger partial charge in [0.05, 0.1) is 11.4 Å². The van der Waals surface area contributed by atoms with Gasteiger partial charge in [-0.2, -0.15) is 0 Å². The molecule has 1 aliphatic rings. The Labute approximate surface area is 181 Å². The van der Waals surface area contributed by atoms with Gasteiger partial charge in [-0.3, -0.25) is 4.79 Å². The number of halogens is 1. The molecule has 1 fully saturated rings.